The fraction of sp³-hybridized carbons (Fsp3) is 0.182. The average Bonchev–Trinajstić information content (AvgIpc) is 2.80. The van der Waals surface area contributed by atoms with Crippen LogP contribution in [0.25, 0.3) is 0 Å². The summed E-state index contributed by atoms with van der Waals surface area (Å²) >= 11 is 0.933. The monoisotopic (exact) mass is 285 g/mol. The van der Waals surface area contributed by atoms with E-state index < -0.39 is 17.5 Å². The SMILES string of the molecule is COCc1nsc(NC(=O)c2cccc(F)c2F)n1. The molecule has 1 aromatic heterocycles. The van der Waals surface area contributed by atoms with Gasteiger partial charge in [-0.05, 0) is 12.1 Å². The number of aromatic nitrogens is 2. The molecule has 5 nitrogen and oxygen atoms in total. The number of methoxy groups -OCH3 is 1. The highest BCUT2D eigenvalue weighted by Gasteiger charge is 2.16. The molecule has 0 aliphatic rings. The van der Waals surface area contributed by atoms with Crippen molar-refractivity contribution >= 4 is 22.6 Å². The van der Waals surface area contributed by atoms with Gasteiger partial charge < -0.3 is 4.74 Å². The molecule has 0 saturated carbocycles. The number of ether oxygens (including phenoxy) is 1. The van der Waals surface area contributed by atoms with Crippen molar-refractivity contribution in [2.75, 3.05) is 12.4 Å². The molecule has 1 N–H and O–H groups in total. The molecule has 2 aromatic rings. The Morgan fingerprint density at radius 1 is 1.47 bits per heavy atom. The summed E-state index contributed by atoms with van der Waals surface area (Å²) in [5.74, 6) is -2.65. The smallest absolute Gasteiger partial charge is 0.260 e. The molecule has 0 unspecified atom stereocenters. The molecule has 0 bridgehead atoms. The number of benzene rings is 1. The van der Waals surface area contributed by atoms with Gasteiger partial charge in [-0.2, -0.15) is 4.37 Å². The van der Waals surface area contributed by atoms with E-state index in [0.717, 1.165) is 17.6 Å². The Morgan fingerprint density at radius 3 is 3.00 bits per heavy atom. The Balaban J connectivity index is 2.14. The first kappa shape index (κ1) is 13.5. The van der Waals surface area contributed by atoms with Gasteiger partial charge in [0.2, 0.25) is 5.13 Å². The molecule has 0 aliphatic carbocycles. The van der Waals surface area contributed by atoms with E-state index in [1.807, 2.05) is 0 Å². The number of amides is 1. The molecule has 0 spiro atoms. The second-order valence-electron chi connectivity index (χ2n) is 3.50. The number of nitrogens with one attached hydrogen (secondary N) is 1. The lowest BCUT2D eigenvalue weighted by Gasteiger charge is -2.02. The van der Waals surface area contributed by atoms with Crippen LogP contribution in [0.3, 0.4) is 0 Å². The number of halogens is 2. The molecular formula is C11H9F2N3O2S. The lowest BCUT2D eigenvalue weighted by Crippen LogP contribution is -2.14. The molecule has 0 aliphatic heterocycles. The van der Waals surface area contributed by atoms with Gasteiger partial charge in [0.25, 0.3) is 5.91 Å². The fourth-order valence-corrected chi connectivity index (χ4v) is 1.91. The van der Waals surface area contributed by atoms with Crippen LogP contribution >= 0.6 is 11.5 Å². The molecule has 1 heterocycles. The van der Waals surface area contributed by atoms with Crippen molar-refractivity contribution in [1.82, 2.24) is 9.36 Å². The zero-order chi connectivity index (χ0) is 13.8. The minimum atomic E-state index is -1.19. The number of carbonyl (C=O) groups is 1. The minimum absolute atomic E-state index is 0.195. The summed E-state index contributed by atoms with van der Waals surface area (Å²) in [6, 6.07) is 3.38. The van der Waals surface area contributed by atoms with Crippen LogP contribution in [0.4, 0.5) is 13.9 Å². The van der Waals surface area contributed by atoms with Crippen LogP contribution in [0.2, 0.25) is 0 Å². The van der Waals surface area contributed by atoms with Gasteiger partial charge in [-0.25, -0.2) is 13.8 Å². The Labute approximate surface area is 111 Å². The summed E-state index contributed by atoms with van der Waals surface area (Å²) in [5, 5.41) is 2.54. The summed E-state index contributed by atoms with van der Waals surface area (Å²) in [6.07, 6.45) is 0. The maximum absolute atomic E-state index is 13.4. The number of nitrogens with zero attached hydrogens (tertiary/aromatic N) is 2. The van der Waals surface area contributed by atoms with Gasteiger partial charge in [0.1, 0.15) is 6.61 Å². The first-order valence-corrected chi connectivity index (χ1v) is 5.96. The molecule has 8 heteroatoms. The zero-order valence-electron chi connectivity index (χ0n) is 9.81. The first-order chi connectivity index (χ1) is 9.11. The first-order valence-electron chi connectivity index (χ1n) is 5.18. The van der Waals surface area contributed by atoms with Gasteiger partial charge in [-0.1, -0.05) is 6.07 Å². The molecule has 0 atom stereocenters. The number of hydrogen-bond acceptors (Lipinski definition) is 5. The van der Waals surface area contributed by atoms with Crippen molar-refractivity contribution in [3.63, 3.8) is 0 Å². The normalized spacial score (nSPS) is 10.5. The predicted molar refractivity (Wildman–Crippen MR) is 64.9 cm³/mol. The molecule has 0 fully saturated rings. The van der Waals surface area contributed by atoms with Crippen LogP contribution in [0.15, 0.2) is 18.2 Å². The molecule has 1 aromatic carbocycles. The van der Waals surface area contributed by atoms with E-state index in [-0.39, 0.29) is 17.3 Å². The third-order valence-electron chi connectivity index (χ3n) is 2.16. The van der Waals surface area contributed by atoms with Crippen LogP contribution < -0.4 is 5.32 Å². The second-order valence-corrected chi connectivity index (χ2v) is 4.26. The average molecular weight is 285 g/mol. The third kappa shape index (κ3) is 3.09. The summed E-state index contributed by atoms with van der Waals surface area (Å²) in [6.45, 7) is 0.209. The zero-order valence-corrected chi connectivity index (χ0v) is 10.6. The summed E-state index contributed by atoms with van der Waals surface area (Å²) in [7, 11) is 1.49. The molecule has 2 rings (SSSR count). The largest absolute Gasteiger partial charge is 0.377 e. The van der Waals surface area contributed by atoms with Crippen molar-refractivity contribution in [2.24, 2.45) is 0 Å². The molecular weight excluding hydrogens is 276 g/mol. The topological polar surface area (TPSA) is 64.1 Å². The number of anilines is 1. The van der Waals surface area contributed by atoms with Gasteiger partial charge in [0.15, 0.2) is 17.5 Å². The van der Waals surface area contributed by atoms with Crippen molar-refractivity contribution in [3.05, 3.63) is 41.2 Å². The van der Waals surface area contributed by atoms with Crippen LogP contribution in [0.1, 0.15) is 16.2 Å². The predicted octanol–water partition coefficient (Wildman–Crippen LogP) is 2.21. The number of carbonyl (C=O) groups excluding carboxylic acids is 1. The van der Waals surface area contributed by atoms with Gasteiger partial charge in [0, 0.05) is 18.6 Å². The maximum Gasteiger partial charge on any atom is 0.260 e. The molecule has 1 amide bonds. The molecule has 100 valence electrons. The molecule has 0 saturated heterocycles. The lowest BCUT2D eigenvalue weighted by molar-refractivity contribution is 0.102. The van der Waals surface area contributed by atoms with E-state index >= 15 is 0 Å². The standard InChI is InChI=1S/C11H9F2N3O2S/c1-18-5-8-14-11(19-16-8)15-10(17)6-3-2-4-7(12)9(6)13/h2-4H,5H2,1H3,(H,14,15,16,17). The minimum Gasteiger partial charge on any atom is -0.377 e. The highest BCUT2D eigenvalue weighted by Crippen LogP contribution is 2.16. The third-order valence-corrected chi connectivity index (χ3v) is 2.83. The summed E-state index contributed by atoms with van der Waals surface area (Å²) in [4.78, 5) is 15.7. The maximum atomic E-state index is 13.4. The quantitative estimate of drug-likeness (QED) is 0.935. The van der Waals surface area contributed by atoms with E-state index in [2.05, 4.69) is 14.7 Å². The Hall–Kier alpha value is -1.93. The molecule has 0 radical (unpaired) electrons. The Kier molecular flexibility index (Phi) is 4.13. The van der Waals surface area contributed by atoms with Gasteiger partial charge in [-0.3, -0.25) is 10.1 Å². The van der Waals surface area contributed by atoms with E-state index in [4.69, 9.17) is 4.74 Å². The van der Waals surface area contributed by atoms with E-state index in [9.17, 15) is 13.6 Å². The highest BCUT2D eigenvalue weighted by molar-refractivity contribution is 7.09. The van der Waals surface area contributed by atoms with E-state index in [0.29, 0.717) is 5.82 Å². The van der Waals surface area contributed by atoms with Crippen molar-refractivity contribution < 1.29 is 18.3 Å². The van der Waals surface area contributed by atoms with Crippen LogP contribution in [-0.2, 0) is 11.3 Å². The van der Waals surface area contributed by atoms with Gasteiger partial charge in [0.05, 0.1) is 5.56 Å². The Morgan fingerprint density at radius 2 is 2.26 bits per heavy atom. The highest BCUT2D eigenvalue weighted by atomic mass is 32.1. The fourth-order valence-electron chi connectivity index (χ4n) is 1.34. The number of rotatable bonds is 4. The van der Waals surface area contributed by atoms with Crippen molar-refractivity contribution in [3.8, 4) is 0 Å². The van der Waals surface area contributed by atoms with Crippen molar-refractivity contribution in [1.29, 1.82) is 0 Å². The lowest BCUT2D eigenvalue weighted by atomic mass is 10.2. The van der Waals surface area contributed by atoms with Crippen LogP contribution in [-0.4, -0.2) is 22.4 Å². The van der Waals surface area contributed by atoms with E-state index in [1.54, 1.807) is 0 Å². The summed E-state index contributed by atoms with van der Waals surface area (Å²) in [5.41, 5.74) is -0.386. The number of hydrogen-bond donors (Lipinski definition) is 1. The van der Waals surface area contributed by atoms with E-state index in [1.165, 1.54) is 19.2 Å². The van der Waals surface area contributed by atoms with Gasteiger partial charge in [-0.15, -0.1) is 0 Å². The molecule has 19 heavy (non-hydrogen) atoms. The van der Waals surface area contributed by atoms with Crippen LogP contribution in [0, 0.1) is 11.6 Å². The van der Waals surface area contributed by atoms with Crippen LogP contribution in [0.5, 0.6) is 0 Å². The van der Waals surface area contributed by atoms with Gasteiger partial charge >= 0.3 is 0 Å². The Bertz CT molecular complexity index is 603. The summed E-state index contributed by atoms with van der Waals surface area (Å²) < 4.78 is 35.1. The second kappa shape index (κ2) is 5.81. The van der Waals surface area contributed by atoms with Crippen molar-refractivity contribution in [2.45, 2.75) is 6.61 Å².